The van der Waals surface area contributed by atoms with Gasteiger partial charge in [0.2, 0.25) is 0 Å². The minimum atomic E-state index is -4.73. The lowest BCUT2D eigenvalue weighted by atomic mass is 9.64. The van der Waals surface area contributed by atoms with Crippen molar-refractivity contribution in [1.29, 1.82) is 5.26 Å². The monoisotopic (exact) mass is 377 g/mol. The molecule has 1 spiro atoms. The standard InChI is InChI=1S/C19H18F3N3O2/c1-17(2)10-18(8-12(9-23)15(17)26)5-7-25(11-18)16(27)13-4-3-6-24-14(13)19(20,21)22/h3-4,6,8H,5,7,10-11H2,1-2H3/t18-/m0/s1. The number of aromatic nitrogens is 1. The molecule has 8 heteroatoms. The van der Waals surface area contributed by atoms with Crippen LogP contribution in [0.25, 0.3) is 0 Å². The van der Waals surface area contributed by atoms with Crippen molar-refractivity contribution < 1.29 is 22.8 Å². The second-order valence-corrected chi connectivity index (χ2v) is 7.80. The van der Waals surface area contributed by atoms with Crippen molar-refractivity contribution in [3.05, 3.63) is 41.2 Å². The summed E-state index contributed by atoms with van der Waals surface area (Å²) in [6.45, 7) is 3.91. The van der Waals surface area contributed by atoms with Gasteiger partial charge in [0.25, 0.3) is 5.91 Å². The van der Waals surface area contributed by atoms with Crippen LogP contribution in [-0.4, -0.2) is 34.7 Å². The van der Waals surface area contributed by atoms with Gasteiger partial charge >= 0.3 is 6.18 Å². The summed E-state index contributed by atoms with van der Waals surface area (Å²) in [7, 11) is 0. The molecule has 1 fully saturated rings. The van der Waals surface area contributed by atoms with E-state index in [1.165, 1.54) is 11.0 Å². The molecule has 0 unspecified atom stereocenters. The highest BCUT2D eigenvalue weighted by atomic mass is 19.4. The Balaban J connectivity index is 1.92. The molecule has 3 rings (SSSR count). The Labute approximate surface area is 154 Å². The molecule has 1 aliphatic carbocycles. The highest BCUT2D eigenvalue weighted by Crippen LogP contribution is 2.48. The molecule has 2 aliphatic rings. The summed E-state index contributed by atoms with van der Waals surface area (Å²) in [6, 6.07) is 4.33. The van der Waals surface area contributed by atoms with Crippen molar-refractivity contribution in [1.82, 2.24) is 9.88 Å². The number of alkyl halides is 3. The van der Waals surface area contributed by atoms with Gasteiger partial charge in [0.1, 0.15) is 6.07 Å². The van der Waals surface area contributed by atoms with E-state index >= 15 is 0 Å². The highest BCUT2D eigenvalue weighted by molar-refractivity contribution is 6.04. The number of nitrogens with zero attached hydrogens (tertiary/aromatic N) is 3. The lowest BCUT2D eigenvalue weighted by Gasteiger charge is -2.38. The molecule has 5 nitrogen and oxygen atoms in total. The van der Waals surface area contributed by atoms with E-state index in [0.717, 1.165) is 12.3 Å². The van der Waals surface area contributed by atoms with Crippen molar-refractivity contribution in [3.63, 3.8) is 0 Å². The number of carbonyl (C=O) groups excluding carboxylic acids is 2. The predicted molar refractivity (Wildman–Crippen MR) is 89.3 cm³/mol. The molecule has 0 bridgehead atoms. The van der Waals surface area contributed by atoms with Crippen LogP contribution in [-0.2, 0) is 11.0 Å². The van der Waals surface area contributed by atoms with E-state index in [-0.39, 0.29) is 24.4 Å². The van der Waals surface area contributed by atoms with Crippen LogP contribution in [0.1, 0.15) is 42.7 Å². The number of halogens is 3. The number of amides is 1. The summed E-state index contributed by atoms with van der Waals surface area (Å²) < 4.78 is 39.5. The van der Waals surface area contributed by atoms with E-state index < -0.39 is 34.2 Å². The first-order chi connectivity index (χ1) is 12.5. The molecule has 1 saturated heterocycles. The Bertz CT molecular complexity index is 883. The fourth-order valence-corrected chi connectivity index (χ4v) is 4.14. The minimum Gasteiger partial charge on any atom is -0.338 e. The van der Waals surface area contributed by atoms with Gasteiger partial charge in [-0.1, -0.05) is 19.9 Å². The fraction of sp³-hybridized carbons (Fsp3) is 0.474. The van der Waals surface area contributed by atoms with Crippen LogP contribution >= 0.6 is 0 Å². The Hall–Kier alpha value is -2.69. The summed E-state index contributed by atoms with van der Waals surface area (Å²) in [5.41, 5.74) is -2.98. The highest BCUT2D eigenvalue weighted by Gasteiger charge is 2.49. The van der Waals surface area contributed by atoms with Gasteiger partial charge in [-0.15, -0.1) is 0 Å². The zero-order chi connectivity index (χ0) is 20.0. The second kappa shape index (κ2) is 6.19. The predicted octanol–water partition coefficient (Wildman–Crippen LogP) is 3.38. The lowest BCUT2D eigenvalue weighted by Crippen LogP contribution is -2.41. The van der Waals surface area contributed by atoms with Crippen molar-refractivity contribution in [2.75, 3.05) is 13.1 Å². The molecule has 0 radical (unpaired) electrons. The molecule has 1 aliphatic heterocycles. The topological polar surface area (TPSA) is 74.1 Å². The molecule has 0 aromatic carbocycles. The molecular weight excluding hydrogens is 359 g/mol. The third-order valence-corrected chi connectivity index (χ3v) is 5.20. The van der Waals surface area contributed by atoms with E-state index in [9.17, 15) is 28.0 Å². The minimum absolute atomic E-state index is 0.0536. The van der Waals surface area contributed by atoms with Gasteiger partial charge in [-0.05, 0) is 25.0 Å². The number of rotatable bonds is 1. The molecule has 1 aromatic rings. The molecule has 1 amide bonds. The van der Waals surface area contributed by atoms with Gasteiger partial charge in [0, 0.05) is 30.1 Å². The molecule has 2 heterocycles. The van der Waals surface area contributed by atoms with E-state index in [1.807, 2.05) is 6.07 Å². The van der Waals surface area contributed by atoms with Crippen LogP contribution < -0.4 is 0 Å². The molecular formula is C19H18F3N3O2. The van der Waals surface area contributed by atoms with Crippen LogP contribution in [0.15, 0.2) is 30.0 Å². The Morgan fingerprint density at radius 1 is 1.37 bits per heavy atom. The maximum atomic E-state index is 13.2. The first-order valence-electron chi connectivity index (χ1n) is 8.48. The first-order valence-corrected chi connectivity index (χ1v) is 8.48. The third kappa shape index (κ3) is 3.34. The number of hydrogen-bond donors (Lipinski definition) is 0. The quantitative estimate of drug-likeness (QED) is 0.752. The largest absolute Gasteiger partial charge is 0.434 e. The SMILES string of the molecule is CC1(C)C[C@@]2(C=C(C#N)C1=O)CCN(C(=O)c1cccnc1C(F)(F)F)C2. The van der Waals surface area contributed by atoms with E-state index in [1.54, 1.807) is 19.9 Å². The van der Waals surface area contributed by atoms with Gasteiger partial charge in [-0.25, -0.2) is 0 Å². The normalized spacial score (nSPS) is 24.7. The van der Waals surface area contributed by atoms with Crippen LogP contribution in [0.3, 0.4) is 0 Å². The van der Waals surface area contributed by atoms with Gasteiger partial charge in [0.05, 0.1) is 11.1 Å². The molecule has 1 aromatic heterocycles. The number of carbonyl (C=O) groups is 2. The number of likely N-dealkylation sites (tertiary alicyclic amines) is 1. The zero-order valence-electron chi connectivity index (χ0n) is 14.9. The van der Waals surface area contributed by atoms with Crippen LogP contribution in [0.5, 0.6) is 0 Å². The summed E-state index contributed by atoms with van der Waals surface area (Å²) in [6.07, 6.45) is -1.20. The number of Topliss-reactive ketones (excluding diaryl/α,β-unsaturated/α-hetero) is 1. The fourth-order valence-electron chi connectivity index (χ4n) is 4.14. The number of pyridine rings is 1. The van der Waals surface area contributed by atoms with Crippen molar-refractivity contribution >= 4 is 11.7 Å². The number of nitriles is 1. The van der Waals surface area contributed by atoms with Crippen LogP contribution in [0.2, 0.25) is 0 Å². The Morgan fingerprint density at radius 3 is 2.70 bits per heavy atom. The Kier molecular flexibility index (Phi) is 4.37. The van der Waals surface area contributed by atoms with Crippen molar-refractivity contribution in [2.24, 2.45) is 10.8 Å². The molecule has 1 atom stereocenters. The average molecular weight is 377 g/mol. The van der Waals surface area contributed by atoms with Crippen LogP contribution in [0.4, 0.5) is 13.2 Å². The summed E-state index contributed by atoms with van der Waals surface area (Å²) in [5.74, 6) is -0.985. The first kappa shape index (κ1) is 19.1. The summed E-state index contributed by atoms with van der Waals surface area (Å²) in [4.78, 5) is 29.7. The summed E-state index contributed by atoms with van der Waals surface area (Å²) >= 11 is 0. The lowest BCUT2D eigenvalue weighted by molar-refractivity contribution is -0.141. The van der Waals surface area contributed by atoms with E-state index in [2.05, 4.69) is 4.98 Å². The van der Waals surface area contributed by atoms with E-state index in [0.29, 0.717) is 12.8 Å². The Morgan fingerprint density at radius 2 is 2.07 bits per heavy atom. The van der Waals surface area contributed by atoms with Gasteiger partial charge in [-0.2, -0.15) is 18.4 Å². The number of allylic oxidation sites excluding steroid dienone is 1. The summed E-state index contributed by atoms with van der Waals surface area (Å²) in [5, 5.41) is 9.26. The maximum Gasteiger partial charge on any atom is 0.434 e. The molecule has 142 valence electrons. The van der Waals surface area contributed by atoms with E-state index in [4.69, 9.17) is 0 Å². The van der Waals surface area contributed by atoms with Crippen LogP contribution in [0, 0.1) is 22.2 Å². The zero-order valence-corrected chi connectivity index (χ0v) is 14.9. The van der Waals surface area contributed by atoms with Crippen molar-refractivity contribution in [2.45, 2.75) is 32.9 Å². The van der Waals surface area contributed by atoms with Gasteiger partial charge in [0.15, 0.2) is 11.5 Å². The molecule has 0 N–H and O–H groups in total. The number of hydrogen-bond acceptors (Lipinski definition) is 4. The average Bonchev–Trinajstić information content (AvgIpc) is 2.99. The van der Waals surface area contributed by atoms with Gasteiger partial charge < -0.3 is 4.90 Å². The second-order valence-electron chi connectivity index (χ2n) is 7.80. The third-order valence-electron chi connectivity index (χ3n) is 5.20. The smallest absolute Gasteiger partial charge is 0.338 e. The molecule has 27 heavy (non-hydrogen) atoms. The maximum absolute atomic E-state index is 13.2. The van der Waals surface area contributed by atoms with Gasteiger partial charge in [-0.3, -0.25) is 14.6 Å². The number of ketones is 1. The molecule has 0 saturated carbocycles. The van der Waals surface area contributed by atoms with Crippen molar-refractivity contribution in [3.8, 4) is 6.07 Å².